The Kier molecular flexibility index (Phi) is 5.02. The summed E-state index contributed by atoms with van der Waals surface area (Å²) in [4.78, 5) is 6.74. The summed E-state index contributed by atoms with van der Waals surface area (Å²) in [5.74, 6) is 0.705. The van der Waals surface area contributed by atoms with Crippen LogP contribution in [0.15, 0.2) is 18.3 Å². The maximum absolute atomic E-state index is 5.72. The second-order valence-corrected chi connectivity index (χ2v) is 5.53. The van der Waals surface area contributed by atoms with Crippen LogP contribution >= 0.6 is 0 Å². The first-order valence-corrected chi connectivity index (χ1v) is 7.22. The summed E-state index contributed by atoms with van der Waals surface area (Å²) in [6.45, 7) is 6.20. The molecule has 1 aromatic rings. The zero-order valence-electron chi connectivity index (χ0n) is 12.2. The van der Waals surface area contributed by atoms with Crippen molar-refractivity contribution in [3.05, 3.63) is 18.3 Å². The summed E-state index contributed by atoms with van der Waals surface area (Å²) in [6, 6.07) is 4.59. The molecule has 2 rings (SSSR count). The standard InChI is InChI=1S/C15H25N3O/c1-12(2)19-15-14(8-6-9-16-15)17-11-13-7-4-5-10-18(13)3/h6,8-9,12-13,17H,4-5,7,10-11H2,1-3H3. The summed E-state index contributed by atoms with van der Waals surface area (Å²) in [5.41, 5.74) is 0.996. The van der Waals surface area contributed by atoms with Gasteiger partial charge in [-0.15, -0.1) is 0 Å². The summed E-state index contributed by atoms with van der Waals surface area (Å²) < 4.78 is 5.72. The maximum atomic E-state index is 5.72. The highest BCUT2D eigenvalue weighted by Gasteiger charge is 2.19. The largest absolute Gasteiger partial charge is 0.473 e. The van der Waals surface area contributed by atoms with Crippen LogP contribution in [0.2, 0.25) is 0 Å². The number of nitrogens with one attached hydrogen (secondary N) is 1. The number of ether oxygens (including phenoxy) is 1. The van der Waals surface area contributed by atoms with Crippen molar-refractivity contribution in [1.82, 2.24) is 9.88 Å². The van der Waals surface area contributed by atoms with E-state index in [2.05, 4.69) is 22.2 Å². The Labute approximate surface area is 116 Å². The van der Waals surface area contributed by atoms with Crippen LogP contribution in [0, 0.1) is 0 Å². The molecule has 1 atom stereocenters. The molecule has 0 bridgehead atoms. The molecule has 4 nitrogen and oxygen atoms in total. The lowest BCUT2D eigenvalue weighted by Crippen LogP contribution is -2.40. The first-order chi connectivity index (χ1) is 9.16. The molecule has 1 aromatic heterocycles. The predicted molar refractivity (Wildman–Crippen MR) is 78.8 cm³/mol. The van der Waals surface area contributed by atoms with E-state index in [-0.39, 0.29) is 6.10 Å². The molecule has 0 aromatic carbocycles. The van der Waals surface area contributed by atoms with Gasteiger partial charge in [0.1, 0.15) is 0 Å². The van der Waals surface area contributed by atoms with E-state index in [1.165, 1.54) is 25.8 Å². The van der Waals surface area contributed by atoms with Gasteiger partial charge in [-0.05, 0) is 52.4 Å². The smallest absolute Gasteiger partial charge is 0.237 e. The van der Waals surface area contributed by atoms with Crippen molar-refractivity contribution in [2.24, 2.45) is 0 Å². The van der Waals surface area contributed by atoms with E-state index >= 15 is 0 Å². The Morgan fingerprint density at radius 1 is 1.47 bits per heavy atom. The summed E-state index contributed by atoms with van der Waals surface area (Å²) in [6.07, 6.45) is 5.84. The van der Waals surface area contributed by atoms with Crippen LogP contribution in [0.25, 0.3) is 0 Å². The molecule has 106 valence electrons. The fourth-order valence-electron chi connectivity index (χ4n) is 2.47. The summed E-state index contributed by atoms with van der Waals surface area (Å²) in [5, 5.41) is 3.49. The fourth-order valence-corrected chi connectivity index (χ4v) is 2.47. The minimum Gasteiger partial charge on any atom is -0.473 e. The summed E-state index contributed by atoms with van der Waals surface area (Å²) >= 11 is 0. The Morgan fingerprint density at radius 3 is 3.05 bits per heavy atom. The lowest BCUT2D eigenvalue weighted by atomic mass is 10.0. The Bertz CT molecular complexity index is 395. The van der Waals surface area contributed by atoms with Crippen LogP contribution in [0.4, 0.5) is 5.69 Å². The molecule has 0 amide bonds. The van der Waals surface area contributed by atoms with Crippen LogP contribution < -0.4 is 10.1 Å². The highest BCUT2D eigenvalue weighted by molar-refractivity contribution is 5.52. The lowest BCUT2D eigenvalue weighted by molar-refractivity contribution is 0.194. The van der Waals surface area contributed by atoms with E-state index in [9.17, 15) is 0 Å². The molecule has 0 radical (unpaired) electrons. The molecular formula is C15H25N3O. The van der Waals surface area contributed by atoms with Crippen molar-refractivity contribution < 1.29 is 4.74 Å². The average Bonchev–Trinajstić information content (AvgIpc) is 2.39. The molecule has 1 N–H and O–H groups in total. The molecule has 1 aliphatic heterocycles. The third kappa shape index (κ3) is 4.10. The van der Waals surface area contributed by atoms with E-state index in [1.807, 2.05) is 26.0 Å². The molecule has 1 unspecified atom stereocenters. The van der Waals surface area contributed by atoms with Crippen LogP contribution in [0.5, 0.6) is 5.88 Å². The van der Waals surface area contributed by atoms with Crippen LogP contribution in [-0.2, 0) is 0 Å². The highest BCUT2D eigenvalue weighted by atomic mass is 16.5. The second kappa shape index (κ2) is 6.75. The van der Waals surface area contributed by atoms with Gasteiger partial charge in [-0.2, -0.15) is 0 Å². The number of piperidine rings is 1. The van der Waals surface area contributed by atoms with E-state index in [0.717, 1.165) is 12.2 Å². The van der Waals surface area contributed by atoms with Crippen LogP contribution in [-0.4, -0.2) is 42.2 Å². The quantitative estimate of drug-likeness (QED) is 0.886. The number of anilines is 1. The number of pyridine rings is 1. The maximum Gasteiger partial charge on any atom is 0.237 e. The van der Waals surface area contributed by atoms with E-state index < -0.39 is 0 Å². The van der Waals surface area contributed by atoms with Gasteiger partial charge in [0.15, 0.2) is 0 Å². The van der Waals surface area contributed by atoms with E-state index in [0.29, 0.717) is 11.9 Å². The molecule has 1 aliphatic rings. The Morgan fingerprint density at radius 2 is 2.32 bits per heavy atom. The van der Waals surface area contributed by atoms with Crippen molar-refractivity contribution in [1.29, 1.82) is 0 Å². The number of aromatic nitrogens is 1. The Hall–Kier alpha value is -1.29. The monoisotopic (exact) mass is 263 g/mol. The molecule has 19 heavy (non-hydrogen) atoms. The van der Waals surface area contributed by atoms with Crippen molar-refractivity contribution in [2.75, 3.05) is 25.5 Å². The van der Waals surface area contributed by atoms with Crippen molar-refractivity contribution >= 4 is 5.69 Å². The molecular weight excluding hydrogens is 238 g/mol. The molecule has 0 spiro atoms. The van der Waals surface area contributed by atoms with E-state index in [1.54, 1.807) is 6.20 Å². The molecule has 1 saturated heterocycles. The Balaban J connectivity index is 1.94. The molecule has 0 aliphatic carbocycles. The summed E-state index contributed by atoms with van der Waals surface area (Å²) in [7, 11) is 2.21. The first-order valence-electron chi connectivity index (χ1n) is 7.22. The van der Waals surface area contributed by atoms with Gasteiger partial charge in [-0.3, -0.25) is 0 Å². The number of hydrogen-bond donors (Lipinski definition) is 1. The predicted octanol–water partition coefficient (Wildman–Crippen LogP) is 2.77. The number of likely N-dealkylation sites (N-methyl/N-ethyl adjacent to an activating group) is 1. The first kappa shape index (κ1) is 14.1. The highest BCUT2D eigenvalue weighted by Crippen LogP contribution is 2.23. The second-order valence-electron chi connectivity index (χ2n) is 5.53. The zero-order valence-corrected chi connectivity index (χ0v) is 12.2. The van der Waals surface area contributed by atoms with Crippen LogP contribution in [0.3, 0.4) is 0 Å². The van der Waals surface area contributed by atoms with Gasteiger partial charge in [0, 0.05) is 18.8 Å². The van der Waals surface area contributed by atoms with Crippen molar-refractivity contribution in [3.63, 3.8) is 0 Å². The topological polar surface area (TPSA) is 37.4 Å². The van der Waals surface area contributed by atoms with Gasteiger partial charge in [0.25, 0.3) is 0 Å². The van der Waals surface area contributed by atoms with Crippen molar-refractivity contribution in [3.8, 4) is 5.88 Å². The van der Waals surface area contributed by atoms with Gasteiger partial charge in [-0.25, -0.2) is 4.98 Å². The number of likely N-dealkylation sites (tertiary alicyclic amines) is 1. The fraction of sp³-hybridized carbons (Fsp3) is 0.667. The van der Waals surface area contributed by atoms with Gasteiger partial charge in [0.2, 0.25) is 5.88 Å². The number of hydrogen-bond acceptors (Lipinski definition) is 4. The minimum absolute atomic E-state index is 0.146. The third-order valence-electron chi connectivity index (χ3n) is 3.57. The molecule has 2 heterocycles. The molecule has 1 fully saturated rings. The normalized spacial score (nSPS) is 20.5. The number of rotatable bonds is 5. The van der Waals surface area contributed by atoms with Gasteiger partial charge < -0.3 is 15.0 Å². The van der Waals surface area contributed by atoms with Crippen LogP contribution in [0.1, 0.15) is 33.1 Å². The molecule has 4 heteroatoms. The van der Waals surface area contributed by atoms with E-state index in [4.69, 9.17) is 4.74 Å². The van der Waals surface area contributed by atoms with Gasteiger partial charge in [-0.1, -0.05) is 6.42 Å². The third-order valence-corrected chi connectivity index (χ3v) is 3.57. The average molecular weight is 263 g/mol. The lowest BCUT2D eigenvalue weighted by Gasteiger charge is -2.32. The van der Waals surface area contributed by atoms with Gasteiger partial charge >= 0.3 is 0 Å². The van der Waals surface area contributed by atoms with Gasteiger partial charge in [0.05, 0.1) is 11.8 Å². The zero-order chi connectivity index (χ0) is 13.7. The molecule has 0 saturated carbocycles. The van der Waals surface area contributed by atoms with Crippen molar-refractivity contribution in [2.45, 2.75) is 45.3 Å². The number of nitrogens with zero attached hydrogens (tertiary/aromatic N) is 2. The SMILES string of the molecule is CC(C)Oc1ncccc1NCC1CCCCN1C. The minimum atomic E-state index is 0.146.